The van der Waals surface area contributed by atoms with Crippen molar-refractivity contribution in [3.63, 3.8) is 0 Å². The fourth-order valence-corrected chi connectivity index (χ4v) is 6.97. The molecule has 4 rings (SSSR count). The molecule has 1 atom stereocenters. The Hall–Kier alpha value is -1.81. The van der Waals surface area contributed by atoms with Gasteiger partial charge < -0.3 is 5.32 Å². The molecule has 0 aliphatic carbocycles. The first-order chi connectivity index (χ1) is 12.9. The standard InChI is InChI=1S/C18H19N3O3S3/c1-12-19-14-8-7-13(11-16(14)26-12)20-18(22)15-5-2-3-9-21(15)27(23,24)17-6-4-10-25-17/h4,6-8,10-11,15H,2-3,5,9H2,1H3,(H,20,22)/t15-/m1/s1. The summed E-state index contributed by atoms with van der Waals surface area (Å²) in [4.78, 5) is 17.3. The zero-order chi connectivity index (χ0) is 19.0. The zero-order valence-electron chi connectivity index (χ0n) is 14.7. The number of rotatable bonds is 4. The normalized spacial score (nSPS) is 18.6. The molecule has 142 valence electrons. The number of anilines is 1. The summed E-state index contributed by atoms with van der Waals surface area (Å²) in [6.45, 7) is 2.31. The molecule has 1 N–H and O–H groups in total. The van der Waals surface area contributed by atoms with Crippen molar-refractivity contribution in [3.8, 4) is 0 Å². The third-order valence-corrected chi connectivity index (χ3v) is 8.79. The number of aromatic nitrogens is 1. The average Bonchev–Trinajstić information content (AvgIpc) is 3.30. The van der Waals surface area contributed by atoms with Crippen molar-refractivity contribution >= 4 is 54.5 Å². The summed E-state index contributed by atoms with van der Waals surface area (Å²) in [6.07, 6.45) is 2.13. The lowest BCUT2D eigenvalue weighted by Gasteiger charge is -2.33. The molecule has 1 aliphatic heterocycles. The Morgan fingerprint density at radius 2 is 2.15 bits per heavy atom. The number of hydrogen-bond donors (Lipinski definition) is 1. The van der Waals surface area contributed by atoms with E-state index in [1.54, 1.807) is 34.9 Å². The van der Waals surface area contributed by atoms with E-state index in [0.717, 1.165) is 28.1 Å². The number of fused-ring (bicyclic) bond motifs is 1. The summed E-state index contributed by atoms with van der Waals surface area (Å²) in [6, 6.07) is 8.17. The lowest BCUT2D eigenvalue weighted by atomic mass is 10.0. The van der Waals surface area contributed by atoms with Crippen molar-refractivity contribution < 1.29 is 13.2 Å². The van der Waals surface area contributed by atoms with Crippen LogP contribution in [0.1, 0.15) is 24.3 Å². The van der Waals surface area contributed by atoms with Gasteiger partial charge in [0.2, 0.25) is 5.91 Å². The van der Waals surface area contributed by atoms with Gasteiger partial charge in [0.1, 0.15) is 10.3 Å². The third kappa shape index (κ3) is 3.64. The fraction of sp³-hybridized carbons (Fsp3) is 0.333. The van der Waals surface area contributed by atoms with Gasteiger partial charge in [0.05, 0.1) is 15.2 Å². The van der Waals surface area contributed by atoms with E-state index >= 15 is 0 Å². The number of hydrogen-bond acceptors (Lipinski definition) is 6. The number of nitrogens with zero attached hydrogens (tertiary/aromatic N) is 2. The molecule has 6 nitrogen and oxygen atoms in total. The van der Waals surface area contributed by atoms with Gasteiger partial charge in [-0.15, -0.1) is 22.7 Å². The zero-order valence-corrected chi connectivity index (χ0v) is 17.2. The Balaban J connectivity index is 1.58. The summed E-state index contributed by atoms with van der Waals surface area (Å²) < 4.78 is 28.5. The van der Waals surface area contributed by atoms with E-state index in [2.05, 4.69) is 10.3 Å². The van der Waals surface area contributed by atoms with Crippen LogP contribution in [0.25, 0.3) is 10.2 Å². The van der Waals surface area contributed by atoms with Crippen LogP contribution in [-0.4, -0.2) is 36.2 Å². The smallest absolute Gasteiger partial charge is 0.253 e. The number of amides is 1. The molecule has 0 bridgehead atoms. The van der Waals surface area contributed by atoms with E-state index in [1.807, 2.05) is 19.1 Å². The van der Waals surface area contributed by atoms with Crippen LogP contribution in [0.4, 0.5) is 5.69 Å². The van der Waals surface area contributed by atoms with Gasteiger partial charge in [-0.1, -0.05) is 12.5 Å². The lowest BCUT2D eigenvalue weighted by Crippen LogP contribution is -2.49. The molecule has 1 saturated heterocycles. The van der Waals surface area contributed by atoms with Crippen LogP contribution in [0.15, 0.2) is 39.9 Å². The second-order valence-corrected chi connectivity index (χ2v) is 10.8. The Labute approximate surface area is 165 Å². The highest BCUT2D eigenvalue weighted by Crippen LogP contribution is 2.29. The quantitative estimate of drug-likeness (QED) is 0.694. The second kappa shape index (κ2) is 7.31. The van der Waals surface area contributed by atoms with Gasteiger partial charge in [0, 0.05) is 12.2 Å². The Morgan fingerprint density at radius 3 is 2.93 bits per heavy atom. The topological polar surface area (TPSA) is 79.4 Å². The molecule has 2 aromatic heterocycles. The predicted octanol–water partition coefficient (Wildman–Crippen LogP) is 3.85. The van der Waals surface area contributed by atoms with Crippen LogP contribution in [0.2, 0.25) is 0 Å². The minimum Gasteiger partial charge on any atom is -0.325 e. The summed E-state index contributed by atoms with van der Waals surface area (Å²) in [5.41, 5.74) is 1.56. The summed E-state index contributed by atoms with van der Waals surface area (Å²) in [5.74, 6) is -0.282. The molecular weight excluding hydrogens is 402 g/mol. The number of carbonyl (C=O) groups is 1. The van der Waals surface area contributed by atoms with E-state index in [-0.39, 0.29) is 10.1 Å². The lowest BCUT2D eigenvalue weighted by molar-refractivity contribution is -0.120. The number of piperidine rings is 1. The van der Waals surface area contributed by atoms with Crippen molar-refractivity contribution in [2.24, 2.45) is 0 Å². The molecular formula is C18H19N3O3S3. The van der Waals surface area contributed by atoms with E-state index in [9.17, 15) is 13.2 Å². The van der Waals surface area contributed by atoms with Crippen molar-refractivity contribution in [1.29, 1.82) is 0 Å². The first-order valence-electron chi connectivity index (χ1n) is 8.68. The van der Waals surface area contributed by atoms with Gasteiger partial charge in [0.15, 0.2) is 0 Å². The minimum absolute atomic E-state index is 0.281. The summed E-state index contributed by atoms with van der Waals surface area (Å²) in [5, 5.41) is 5.60. The molecule has 0 radical (unpaired) electrons. The SMILES string of the molecule is Cc1nc2ccc(NC(=O)[C@H]3CCCCN3S(=O)(=O)c3cccs3)cc2s1. The van der Waals surface area contributed by atoms with Gasteiger partial charge in [-0.3, -0.25) is 4.79 Å². The average molecular weight is 422 g/mol. The van der Waals surface area contributed by atoms with Gasteiger partial charge in [-0.2, -0.15) is 4.31 Å². The molecule has 1 aromatic carbocycles. The Morgan fingerprint density at radius 1 is 1.30 bits per heavy atom. The van der Waals surface area contributed by atoms with Crippen LogP contribution >= 0.6 is 22.7 Å². The molecule has 1 aliphatic rings. The molecule has 0 saturated carbocycles. The van der Waals surface area contributed by atoms with Crippen molar-refractivity contribution in [3.05, 3.63) is 40.7 Å². The monoisotopic (exact) mass is 421 g/mol. The van der Waals surface area contributed by atoms with Crippen LogP contribution in [-0.2, 0) is 14.8 Å². The van der Waals surface area contributed by atoms with Crippen molar-refractivity contribution in [1.82, 2.24) is 9.29 Å². The molecule has 3 aromatic rings. The molecule has 1 amide bonds. The number of thiazole rings is 1. The first-order valence-corrected chi connectivity index (χ1v) is 11.8. The van der Waals surface area contributed by atoms with E-state index in [4.69, 9.17) is 0 Å². The number of nitrogens with one attached hydrogen (secondary N) is 1. The predicted molar refractivity (Wildman–Crippen MR) is 109 cm³/mol. The minimum atomic E-state index is -3.65. The molecule has 0 unspecified atom stereocenters. The van der Waals surface area contributed by atoms with E-state index in [0.29, 0.717) is 18.7 Å². The molecule has 0 spiro atoms. The third-order valence-electron chi connectivity index (χ3n) is 4.58. The molecule has 3 heterocycles. The highest BCUT2D eigenvalue weighted by molar-refractivity contribution is 7.91. The maximum Gasteiger partial charge on any atom is 0.253 e. The van der Waals surface area contributed by atoms with Crippen molar-refractivity contribution in [2.45, 2.75) is 36.4 Å². The highest BCUT2D eigenvalue weighted by atomic mass is 32.2. The van der Waals surface area contributed by atoms with Gasteiger partial charge in [-0.25, -0.2) is 13.4 Å². The number of aryl methyl sites for hydroxylation is 1. The van der Waals surface area contributed by atoms with E-state index < -0.39 is 16.1 Å². The molecule has 9 heteroatoms. The van der Waals surface area contributed by atoms with Gasteiger partial charge >= 0.3 is 0 Å². The number of thiophene rings is 1. The number of carbonyl (C=O) groups excluding carboxylic acids is 1. The van der Waals surface area contributed by atoms with Crippen LogP contribution < -0.4 is 5.32 Å². The Kier molecular flexibility index (Phi) is 5.02. The highest BCUT2D eigenvalue weighted by Gasteiger charge is 2.38. The Bertz CT molecular complexity index is 1070. The van der Waals surface area contributed by atoms with Gasteiger partial charge in [-0.05, 0) is 49.4 Å². The molecule has 27 heavy (non-hydrogen) atoms. The first kappa shape index (κ1) is 18.5. The number of sulfonamides is 1. The summed E-state index contributed by atoms with van der Waals surface area (Å²) in [7, 11) is -3.65. The maximum absolute atomic E-state index is 12.9. The molecule has 1 fully saturated rings. The number of benzene rings is 1. The summed E-state index contributed by atoms with van der Waals surface area (Å²) >= 11 is 2.74. The van der Waals surface area contributed by atoms with E-state index in [1.165, 1.54) is 15.6 Å². The second-order valence-electron chi connectivity index (χ2n) is 6.46. The van der Waals surface area contributed by atoms with Crippen molar-refractivity contribution in [2.75, 3.05) is 11.9 Å². The largest absolute Gasteiger partial charge is 0.325 e. The maximum atomic E-state index is 12.9. The van der Waals surface area contributed by atoms with Gasteiger partial charge in [0.25, 0.3) is 10.0 Å². The van der Waals surface area contributed by atoms with Crippen LogP contribution in [0.3, 0.4) is 0 Å². The van der Waals surface area contributed by atoms with Crippen LogP contribution in [0.5, 0.6) is 0 Å². The van der Waals surface area contributed by atoms with Crippen LogP contribution in [0, 0.1) is 6.92 Å². The fourth-order valence-electron chi connectivity index (χ4n) is 3.32.